The zero-order chi connectivity index (χ0) is 24.4. The Balaban J connectivity index is 1.58. The molecule has 1 aliphatic heterocycles. The minimum absolute atomic E-state index is 0.158. The molecule has 8 heteroatoms. The maximum absolute atomic E-state index is 13.6. The van der Waals surface area contributed by atoms with Crippen molar-refractivity contribution in [3.8, 4) is 23.0 Å². The van der Waals surface area contributed by atoms with Crippen molar-refractivity contribution in [3.63, 3.8) is 0 Å². The third-order valence-electron chi connectivity index (χ3n) is 6.13. The maximum atomic E-state index is 13.6. The van der Waals surface area contributed by atoms with Crippen LogP contribution < -0.4 is 14.8 Å². The number of aromatic nitrogens is 1. The van der Waals surface area contributed by atoms with Gasteiger partial charge in [-0.05, 0) is 43.2 Å². The number of benzene rings is 2. The molecule has 0 aliphatic carbocycles. The largest absolute Gasteiger partial charge is 0.493 e. The molecule has 2 aromatic heterocycles. The number of hydrogen-bond donors (Lipinski definition) is 1. The summed E-state index contributed by atoms with van der Waals surface area (Å²) in [6.07, 6.45) is 3.48. The minimum atomic E-state index is -0.376. The summed E-state index contributed by atoms with van der Waals surface area (Å²) in [7, 11) is 3.02. The summed E-state index contributed by atoms with van der Waals surface area (Å²) >= 11 is 0. The summed E-state index contributed by atoms with van der Waals surface area (Å²) < 4.78 is 16.4. The summed E-state index contributed by atoms with van der Waals surface area (Å²) in [5, 5.41) is 3.63. The van der Waals surface area contributed by atoms with Crippen LogP contribution in [0, 0.1) is 0 Å². The Hall–Kier alpha value is -4.33. The lowest BCUT2D eigenvalue weighted by Crippen LogP contribution is -2.29. The molecule has 5 rings (SSSR count). The van der Waals surface area contributed by atoms with E-state index in [0.29, 0.717) is 63.8 Å². The number of carbonyl (C=O) groups excluding carboxylic acids is 2. The van der Waals surface area contributed by atoms with Crippen LogP contribution in [-0.2, 0) is 0 Å². The highest BCUT2D eigenvalue weighted by molar-refractivity contribution is 6.15. The number of amides is 2. The molecule has 178 valence electrons. The molecular formula is C27H25N3O5. The van der Waals surface area contributed by atoms with Gasteiger partial charge in [-0.15, -0.1) is 0 Å². The molecule has 2 aromatic carbocycles. The molecule has 3 heterocycles. The predicted molar refractivity (Wildman–Crippen MR) is 132 cm³/mol. The molecule has 35 heavy (non-hydrogen) atoms. The highest BCUT2D eigenvalue weighted by Gasteiger charge is 2.26. The number of para-hydroxylation sites is 1. The molecule has 1 fully saturated rings. The van der Waals surface area contributed by atoms with Crippen molar-refractivity contribution >= 4 is 28.4 Å². The number of hydrogen-bond acceptors (Lipinski definition) is 6. The van der Waals surface area contributed by atoms with Crippen LogP contribution in [0.3, 0.4) is 0 Å². The number of pyridine rings is 1. The van der Waals surface area contributed by atoms with E-state index >= 15 is 0 Å². The van der Waals surface area contributed by atoms with Gasteiger partial charge in [0.25, 0.3) is 11.8 Å². The number of anilines is 1. The molecule has 1 N–H and O–H groups in total. The monoisotopic (exact) mass is 471 g/mol. The first-order chi connectivity index (χ1) is 17.1. The Morgan fingerprint density at radius 3 is 2.40 bits per heavy atom. The number of rotatable bonds is 6. The van der Waals surface area contributed by atoms with Crippen LogP contribution in [0.4, 0.5) is 5.69 Å². The Kier molecular flexibility index (Phi) is 6.10. The van der Waals surface area contributed by atoms with Crippen LogP contribution >= 0.6 is 0 Å². The summed E-state index contributed by atoms with van der Waals surface area (Å²) in [4.78, 5) is 33.4. The molecule has 1 saturated heterocycles. The summed E-state index contributed by atoms with van der Waals surface area (Å²) in [5.74, 6) is 0.855. The van der Waals surface area contributed by atoms with Gasteiger partial charge in [-0.2, -0.15) is 0 Å². The average Bonchev–Trinajstić information content (AvgIpc) is 3.62. The number of ether oxygens (including phenoxy) is 2. The van der Waals surface area contributed by atoms with E-state index in [1.54, 1.807) is 41.5 Å². The van der Waals surface area contributed by atoms with E-state index in [2.05, 4.69) is 10.3 Å². The van der Waals surface area contributed by atoms with Crippen LogP contribution in [0.2, 0.25) is 0 Å². The van der Waals surface area contributed by atoms with Gasteiger partial charge in [0.15, 0.2) is 17.3 Å². The lowest BCUT2D eigenvalue weighted by molar-refractivity contribution is 0.0793. The van der Waals surface area contributed by atoms with Crippen molar-refractivity contribution in [2.75, 3.05) is 32.6 Å². The summed E-state index contributed by atoms with van der Waals surface area (Å²) in [5.41, 5.74) is 2.32. The van der Waals surface area contributed by atoms with Gasteiger partial charge in [-0.3, -0.25) is 9.59 Å². The molecule has 2 amide bonds. The smallest absolute Gasteiger partial charge is 0.256 e. The van der Waals surface area contributed by atoms with Gasteiger partial charge in [0.2, 0.25) is 0 Å². The minimum Gasteiger partial charge on any atom is -0.493 e. The van der Waals surface area contributed by atoms with Crippen LogP contribution in [0.1, 0.15) is 33.6 Å². The molecule has 0 atom stereocenters. The number of fused-ring (bicyclic) bond motifs is 1. The first kappa shape index (κ1) is 22.5. The quantitative estimate of drug-likeness (QED) is 0.425. The van der Waals surface area contributed by atoms with Crippen molar-refractivity contribution < 1.29 is 23.5 Å². The molecule has 0 unspecified atom stereocenters. The summed E-state index contributed by atoms with van der Waals surface area (Å²) in [6, 6.07) is 15.9. The fourth-order valence-electron chi connectivity index (χ4n) is 4.35. The second-order valence-electron chi connectivity index (χ2n) is 8.26. The van der Waals surface area contributed by atoms with E-state index in [9.17, 15) is 9.59 Å². The van der Waals surface area contributed by atoms with Crippen molar-refractivity contribution in [2.24, 2.45) is 0 Å². The molecule has 0 radical (unpaired) electrons. The van der Waals surface area contributed by atoms with Gasteiger partial charge in [0, 0.05) is 24.5 Å². The first-order valence-electron chi connectivity index (χ1n) is 11.4. The first-order valence-corrected chi connectivity index (χ1v) is 11.4. The van der Waals surface area contributed by atoms with Gasteiger partial charge in [0.05, 0.1) is 42.8 Å². The molecular weight excluding hydrogens is 446 g/mol. The average molecular weight is 472 g/mol. The second-order valence-corrected chi connectivity index (χ2v) is 8.26. The fourth-order valence-corrected chi connectivity index (χ4v) is 4.35. The van der Waals surface area contributed by atoms with Gasteiger partial charge < -0.3 is 24.1 Å². The van der Waals surface area contributed by atoms with Crippen molar-refractivity contribution in [1.82, 2.24) is 9.88 Å². The number of nitrogens with zero attached hydrogens (tertiary/aromatic N) is 2. The van der Waals surface area contributed by atoms with E-state index < -0.39 is 0 Å². The number of carbonyl (C=O) groups is 2. The Morgan fingerprint density at radius 1 is 0.943 bits per heavy atom. The van der Waals surface area contributed by atoms with Crippen molar-refractivity contribution in [1.29, 1.82) is 0 Å². The number of furan rings is 1. The van der Waals surface area contributed by atoms with Gasteiger partial charge in [-0.25, -0.2) is 4.98 Å². The van der Waals surface area contributed by atoms with Crippen LogP contribution in [-0.4, -0.2) is 49.0 Å². The van der Waals surface area contributed by atoms with Crippen molar-refractivity contribution in [3.05, 3.63) is 72.0 Å². The lowest BCUT2D eigenvalue weighted by Gasteiger charge is -2.20. The van der Waals surface area contributed by atoms with E-state index in [4.69, 9.17) is 13.9 Å². The topological polar surface area (TPSA) is 93.9 Å². The summed E-state index contributed by atoms with van der Waals surface area (Å²) in [6.45, 7) is 1.37. The van der Waals surface area contributed by atoms with Crippen LogP contribution in [0.25, 0.3) is 22.4 Å². The molecule has 0 spiro atoms. The fraction of sp³-hybridized carbons (Fsp3) is 0.222. The third kappa shape index (κ3) is 4.30. The van der Waals surface area contributed by atoms with E-state index in [0.717, 1.165) is 12.8 Å². The zero-order valence-electron chi connectivity index (χ0n) is 19.5. The lowest BCUT2D eigenvalue weighted by atomic mass is 10.0. The Morgan fingerprint density at radius 2 is 1.69 bits per heavy atom. The number of methoxy groups -OCH3 is 2. The third-order valence-corrected chi connectivity index (χ3v) is 6.13. The van der Waals surface area contributed by atoms with Gasteiger partial charge in [0.1, 0.15) is 5.69 Å². The SMILES string of the molecule is COc1cc(NC(=O)c2cc(-c3ccco3)nc3ccccc23)c(C(=O)N2CCCC2)cc1OC. The van der Waals surface area contributed by atoms with E-state index in [-0.39, 0.29) is 11.8 Å². The molecule has 0 bridgehead atoms. The molecule has 0 saturated carbocycles. The van der Waals surface area contributed by atoms with Crippen molar-refractivity contribution in [2.45, 2.75) is 12.8 Å². The van der Waals surface area contributed by atoms with E-state index in [1.807, 2.05) is 24.3 Å². The molecule has 1 aliphatic rings. The number of nitrogens with one attached hydrogen (secondary N) is 1. The predicted octanol–water partition coefficient (Wildman–Crippen LogP) is 5.00. The van der Waals surface area contributed by atoms with Gasteiger partial charge >= 0.3 is 0 Å². The maximum Gasteiger partial charge on any atom is 0.256 e. The van der Waals surface area contributed by atoms with Gasteiger partial charge in [-0.1, -0.05) is 18.2 Å². The highest BCUT2D eigenvalue weighted by atomic mass is 16.5. The Bertz CT molecular complexity index is 1390. The molecule has 4 aromatic rings. The Labute approximate surface area is 202 Å². The molecule has 8 nitrogen and oxygen atoms in total. The van der Waals surface area contributed by atoms with Crippen LogP contribution in [0.15, 0.2) is 65.3 Å². The standard InChI is InChI=1S/C27H25N3O5/c1-33-24-15-19(27(32)30-11-5-6-12-30)21(16-25(24)34-2)29-26(31)18-14-22(23-10-7-13-35-23)28-20-9-4-3-8-17(18)20/h3-4,7-10,13-16H,5-6,11-12H2,1-2H3,(H,29,31). The normalized spacial score (nSPS) is 13.1. The van der Waals surface area contributed by atoms with Crippen LogP contribution in [0.5, 0.6) is 11.5 Å². The zero-order valence-corrected chi connectivity index (χ0v) is 19.5. The second kappa shape index (κ2) is 9.50. The highest BCUT2D eigenvalue weighted by Crippen LogP contribution is 2.35. The van der Waals surface area contributed by atoms with E-state index in [1.165, 1.54) is 14.2 Å². The number of likely N-dealkylation sites (tertiary alicyclic amines) is 1.